The summed E-state index contributed by atoms with van der Waals surface area (Å²) in [5.41, 5.74) is 6.91. The van der Waals surface area contributed by atoms with Gasteiger partial charge < -0.3 is 20.3 Å². The molecule has 0 bridgehead atoms. The molecule has 0 aliphatic carbocycles. The molecule has 0 saturated carbocycles. The van der Waals surface area contributed by atoms with Crippen molar-refractivity contribution in [2.24, 2.45) is 0 Å². The van der Waals surface area contributed by atoms with Gasteiger partial charge in [0.2, 0.25) is 0 Å². The highest BCUT2D eigenvalue weighted by atomic mass is 16.5. The normalized spacial score (nSPS) is 18.2. The van der Waals surface area contributed by atoms with Crippen molar-refractivity contribution in [3.05, 3.63) is 6.33 Å². The number of nitrogens with two attached hydrogens (primary N) is 1. The average Bonchev–Trinajstić information content (AvgIpc) is 2.94. The van der Waals surface area contributed by atoms with Gasteiger partial charge in [0.25, 0.3) is 0 Å². The molecule has 1 fully saturated rings. The van der Waals surface area contributed by atoms with Crippen LogP contribution in [0, 0.1) is 0 Å². The van der Waals surface area contributed by atoms with Gasteiger partial charge in [-0.15, -0.1) is 0 Å². The molecule has 112 valence electrons. The van der Waals surface area contributed by atoms with Crippen LogP contribution in [0.25, 0.3) is 0 Å². The number of nitrogen functional groups attached to an aromatic ring is 1. The zero-order valence-electron chi connectivity index (χ0n) is 12.7. The number of ether oxygens (including phenoxy) is 1. The van der Waals surface area contributed by atoms with Crippen LogP contribution in [0.3, 0.4) is 0 Å². The molecule has 1 aromatic rings. The molecule has 1 aromatic heterocycles. The standard InChI is InChI=1S/C14H25N5O/c1-4-19(5-2)14-12(15)13(16-10-17-14)18(3)9-11-7-6-8-20-11/h10-11H,4-9,15H2,1-3H3/t11-/m1/s1. The molecule has 6 nitrogen and oxygen atoms in total. The Bertz CT molecular complexity index is 430. The molecule has 0 spiro atoms. The van der Waals surface area contributed by atoms with Crippen molar-refractivity contribution in [2.45, 2.75) is 32.8 Å². The van der Waals surface area contributed by atoms with Crippen molar-refractivity contribution in [1.29, 1.82) is 0 Å². The van der Waals surface area contributed by atoms with Gasteiger partial charge in [-0.05, 0) is 26.7 Å². The van der Waals surface area contributed by atoms with Crippen LogP contribution in [0.5, 0.6) is 0 Å². The van der Waals surface area contributed by atoms with Gasteiger partial charge in [0.15, 0.2) is 11.6 Å². The quantitative estimate of drug-likeness (QED) is 0.851. The monoisotopic (exact) mass is 279 g/mol. The van der Waals surface area contributed by atoms with E-state index >= 15 is 0 Å². The Labute approximate surface area is 120 Å². The van der Waals surface area contributed by atoms with E-state index in [2.05, 4.69) is 33.6 Å². The van der Waals surface area contributed by atoms with E-state index in [-0.39, 0.29) is 6.10 Å². The SMILES string of the molecule is CCN(CC)c1ncnc(N(C)C[C@H]2CCCO2)c1N. The fourth-order valence-electron chi connectivity index (χ4n) is 2.64. The largest absolute Gasteiger partial charge is 0.393 e. The topological polar surface area (TPSA) is 67.5 Å². The highest BCUT2D eigenvalue weighted by Gasteiger charge is 2.21. The molecule has 20 heavy (non-hydrogen) atoms. The first kappa shape index (κ1) is 14.8. The van der Waals surface area contributed by atoms with Crippen molar-refractivity contribution < 1.29 is 4.74 Å². The van der Waals surface area contributed by atoms with Crippen molar-refractivity contribution in [3.8, 4) is 0 Å². The Morgan fingerprint density at radius 1 is 1.30 bits per heavy atom. The summed E-state index contributed by atoms with van der Waals surface area (Å²) in [4.78, 5) is 12.9. The molecule has 1 aliphatic rings. The lowest BCUT2D eigenvalue weighted by molar-refractivity contribution is 0.116. The highest BCUT2D eigenvalue weighted by Crippen LogP contribution is 2.28. The zero-order valence-corrected chi connectivity index (χ0v) is 12.7. The smallest absolute Gasteiger partial charge is 0.157 e. The van der Waals surface area contributed by atoms with Crippen LogP contribution >= 0.6 is 0 Å². The molecule has 0 radical (unpaired) electrons. The maximum atomic E-state index is 6.26. The van der Waals surface area contributed by atoms with E-state index in [9.17, 15) is 0 Å². The second-order valence-electron chi connectivity index (χ2n) is 5.12. The van der Waals surface area contributed by atoms with Crippen LogP contribution in [0.4, 0.5) is 17.3 Å². The van der Waals surface area contributed by atoms with Crippen LogP contribution in [0.15, 0.2) is 6.33 Å². The Hall–Kier alpha value is -1.56. The molecule has 1 aliphatic heterocycles. The van der Waals surface area contributed by atoms with E-state index in [0.29, 0.717) is 5.69 Å². The third kappa shape index (κ3) is 3.12. The third-order valence-electron chi connectivity index (χ3n) is 3.77. The minimum Gasteiger partial charge on any atom is -0.393 e. The summed E-state index contributed by atoms with van der Waals surface area (Å²) in [6.45, 7) is 7.64. The molecular formula is C14H25N5O. The summed E-state index contributed by atoms with van der Waals surface area (Å²) in [6, 6.07) is 0. The van der Waals surface area contributed by atoms with Gasteiger partial charge in [-0.3, -0.25) is 0 Å². The van der Waals surface area contributed by atoms with Gasteiger partial charge in [-0.2, -0.15) is 0 Å². The molecule has 2 rings (SSSR count). The number of hydrogen-bond donors (Lipinski definition) is 1. The predicted octanol–water partition coefficient (Wildman–Crippen LogP) is 1.52. The minimum atomic E-state index is 0.284. The van der Waals surface area contributed by atoms with E-state index in [4.69, 9.17) is 10.5 Å². The van der Waals surface area contributed by atoms with Crippen molar-refractivity contribution >= 4 is 17.3 Å². The summed E-state index contributed by atoms with van der Waals surface area (Å²) in [6.07, 6.45) is 4.12. The van der Waals surface area contributed by atoms with Crippen molar-refractivity contribution in [1.82, 2.24) is 9.97 Å². The maximum absolute atomic E-state index is 6.26. The molecule has 0 unspecified atom stereocenters. The fourth-order valence-corrected chi connectivity index (χ4v) is 2.64. The second kappa shape index (κ2) is 6.74. The number of nitrogens with zero attached hydrogens (tertiary/aromatic N) is 4. The van der Waals surface area contributed by atoms with Gasteiger partial charge in [0.05, 0.1) is 6.10 Å². The minimum absolute atomic E-state index is 0.284. The molecular weight excluding hydrogens is 254 g/mol. The number of hydrogen-bond acceptors (Lipinski definition) is 6. The van der Waals surface area contributed by atoms with E-state index in [1.807, 2.05) is 7.05 Å². The third-order valence-corrected chi connectivity index (χ3v) is 3.77. The molecule has 2 N–H and O–H groups in total. The van der Waals surface area contributed by atoms with E-state index in [1.165, 1.54) is 0 Å². The molecule has 0 amide bonds. The summed E-state index contributed by atoms with van der Waals surface area (Å²) >= 11 is 0. The molecule has 0 aromatic carbocycles. The average molecular weight is 279 g/mol. The van der Waals surface area contributed by atoms with Gasteiger partial charge in [-0.1, -0.05) is 0 Å². The van der Waals surface area contributed by atoms with Gasteiger partial charge in [0.1, 0.15) is 12.0 Å². The summed E-state index contributed by atoms with van der Waals surface area (Å²) in [5, 5.41) is 0. The van der Waals surface area contributed by atoms with Crippen LogP contribution in [-0.2, 0) is 4.74 Å². The fraction of sp³-hybridized carbons (Fsp3) is 0.714. The summed E-state index contributed by atoms with van der Waals surface area (Å²) < 4.78 is 5.67. The van der Waals surface area contributed by atoms with Gasteiger partial charge >= 0.3 is 0 Å². The second-order valence-corrected chi connectivity index (χ2v) is 5.12. The van der Waals surface area contributed by atoms with E-state index < -0.39 is 0 Å². The Morgan fingerprint density at radius 3 is 2.60 bits per heavy atom. The maximum Gasteiger partial charge on any atom is 0.157 e. The lowest BCUT2D eigenvalue weighted by Crippen LogP contribution is -2.31. The van der Waals surface area contributed by atoms with Crippen LogP contribution in [-0.4, -0.2) is 49.4 Å². The first-order valence-corrected chi connectivity index (χ1v) is 7.35. The number of rotatable bonds is 6. The zero-order chi connectivity index (χ0) is 14.5. The number of anilines is 3. The van der Waals surface area contributed by atoms with Gasteiger partial charge in [-0.25, -0.2) is 9.97 Å². The molecule has 2 heterocycles. The predicted molar refractivity (Wildman–Crippen MR) is 82.2 cm³/mol. The van der Waals surface area contributed by atoms with Crippen LogP contribution in [0.2, 0.25) is 0 Å². The Balaban J connectivity index is 2.16. The van der Waals surface area contributed by atoms with Crippen LogP contribution in [0.1, 0.15) is 26.7 Å². The Morgan fingerprint density at radius 2 is 2.00 bits per heavy atom. The lowest BCUT2D eigenvalue weighted by atomic mass is 10.2. The van der Waals surface area contributed by atoms with E-state index in [1.54, 1.807) is 6.33 Å². The Kier molecular flexibility index (Phi) is 5.00. The highest BCUT2D eigenvalue weighted by molar-refractivity contribution is 5.75. The summed E-state index contributed by atoms with van der Waals surface area (Å²) in [7, 11) is 2.01. The molecule has 1 atom stereocenters. The first-order chi connectivity index (χ1) is 9.67. The number of aromatic nitrogens is 2. The number of likely N-dealkylation sites (N-methyl/N-ethyl adjacent to an activating group) is 1. The first-order valence-electron chi connectivity index (χ1n) is 7.35. The van der Waals surface area contributed by atoms with Crippen LogP contribution < -0.4 is 15.5 Å². The van der Waals surface area contributed by atoms with Crippen molar-refractivity contribution in [3.63, 3.8) is 0 Å². The van der Waals surface area contributed by atoms with E-state index in [0.717, 1.165) is 50.7 Å². The van der Waals surface area contributed by atoms with Gasteiger partial charge in [0, 0.05) is 33.3 Å². The molecule has 1 saturated heterocycles. The summed E-state index contributed by atoms with van der Waals surface area (Å²) in [5.74, 6) is 1.61. The lowest BCUT2D eigenvalue weighted by Gasteiger charge is -2.26. The molecule has 6 heteroatoms. The van der Waals surface area contributed by atoms with Crippen molar-refractivity contribution in [2.75, 3.05) is 48.8 Å².